The molecule has 0 spiro atoms. The van der Waals surface area contributed by atoms with Crippen molar-refractivity contribution in [1.29, 1.82) is 0 Å². The third kappa shape index (κ3) is 2.95. The first-order valence-corrected chi connectivity index (χ1v) is 6.48. The molecule has 0 aliphatic rings. The Labute approximate surface area is 116 Å². The lowest BCUT2D eigenvalue weighted by Gasteiger charge is -2.04. The second kappa shape index (κ2) is 5.59. The highest BCUT2D eigenvalue weighted by atomic mass is 35.5. The number of Topliss-reactive ketones (excluding diaryl/α,β-unsaturated/α-hetero) is 1. The fourth-order valence-electron chi connectivity index (χ4n) is 1.76. The number of hydrogen-bond acceptors (Lipinski definition) is 1. The topological polar surface area (TPSA) is 22.0 Å². The van der Waals surface area contributed by atoms with Crippen molar-refractivity contribution < 1.29 is 4.79 Å². The summed E-state index contributed by atoms with van der Waals surface area (Å²) in [7, 11) is 0. The van der Waals surface area contributed by atoms with E-state index in [1.807, 2.05) is 42.1 Å². The molecule has 0 aliphatic carbocycles. The van der Waals surface area contributed by atoms with Crippen LogP contribution in [-0.4, -0.2) is 10.4 Å². The van der Waals surface area contributed by atoms with E-state index in [1.165, 1.54) is 0 Å². The highest BCUT2D eigenvalue weighted by molar-refractivity contribution is 6.42. The SMILES string of the molecule is CCC(=O)c1ccn(Cc2ccc(Cl)c(Cl)c2)c1. The van der Waals surface area contributed by atoms with Crippen LogP contribution in [0.5, 0.6) is 0 Å². The third-order valence-corrected chi connectivity index (χ3v) is 3.48. The van der Waals surface area contributed by atoms with E-state index in [9.17, 15) is 4.79 Å². The van der Waals surface area contributed by atoms with Crippen LogP contribution in [0.2, 0.25) is 10.0 Å². The predicted octanol–water partition coefficient (Wildman–Crippen LogP) is 4.44. The van der Waals surface area contributed by atoms with Crippen LogP contribution in [0, 0.1) is 0 Å². The Morgan fingerprint density at radius 1 is 1.22 bits per heavy atom. The smallest absolute Gasteiger partial charge is 0.164 e. The van der Waals surface area contributed by atoms with Gasteiger partial charge in [-0.1, -0.05) is 36.2 Å². The fourth-order valence-corrected chi connectivity index (χ4v) is 2.08. The standard InChI is InChI=1S/C14H13Cl2NO/c1-2-14(18)11-5-6-17(9-11)8-10-3-4-12(15)13(16)7-10/h3-7,9H,2,8H2,1H3. The Bertz CT molecular complexity index is 575. The molecule has 0 atom stereocenters. The Morgan fingerprint density at radius 3 is 2.67 bits per heavy atom. The zero-order valence-electron chi connectivity index (χ0n) is 9.99. The lowest BCUT2D eigenvalue weighted by atomic mass is 10.2. The molecule has 94 valence electrons. The van der Waals surface area contributed by atoms with Crippen LogP contribution in [0.4, 0.5) is 0 Å². The maximum absolute atomic E-state index is 11.5. The van der Waals surface area contributed by atoms with E-state index in [1.54, 1.807) is 6.07 Å². The van der Waals surface area contributed by atoms with Crippen molar-refractivity contribution in [3.8, 4) is 0 Å². The summed E-state index contributed by atoms with van der Waals surface area (Å²) in [6, 6.07) is 7.38. The highest BCUT2D eigenvalue weighted by Gasteiger charge is 2.05. The summed E-state index contributed by atoms with van der Waals surface area (Å²) >= 11 is 11.8. The normalized spacial score (nSPS) is 10.6. The Morgan fingerprint density at radius 2 is 2.00 bits per heavy atom. The molecule has 1 aromatic heterocycles. The van der Waals surface area contributed by atoms with Gasteiger partial charge in [-0.05, 0) is 23.8 Å². The second-order valence-electron chi connectivity index (χ2n) is 4.10. The van der Waals surface area contributed by atoms with Gasteiger partial charge in [0.2, 0.25) is 0 Å². The molecule has 2 rings (SSSR count). The number of aromatic nitrogens is 1. The molecule has 18 heavy (non-hydrogen) atoms. The predicted molar refractivity (Wildman–Crippen MR) is 74.6 cm³/mol. The molecule has 0 bridgehead atoms. The second-order valence-corrected chi connectivity index (χ2v) is 4.91. The highest BCUT2D eigenvalue weighted by Crippen LogP contribution is 2.23. The number of carbonyl (C=O) groups excluding carboxylic acids is 1. The maximum atomic E-state index is 11.5. The van der Waals surface area contributed by atoms with Gasteiger partial charge in [0, 0.05) is 30.9 Å². The molecular weight excluding hydrogens is 269 g/mol. The van der Waals surface area contributed by atoms with Gasteiger partial charge in [0.05, 0.1) is 10.0 Å². The van der Waals surface area contributed by atoms with E-state index >= 15 is 0 Å². The summed E-state index contributed by atoms with van der Waals surface area (Å²) in [6.07, 6.45) is 4.27. The third-order valence-electron chi connectivity index (χ3n) is 2.74. The molecule has 1 aromatic carbocycles. The van der Waals surface area contributed by atoms with Crippen molar-refractivity contribution in [3.05, 3.63) is 57.8 Å². The zero-order valence-corrected chi connectivity index (χ0v) is 11.5. The largest absolute Gasteiger partial charge is 0.349 e. The van der Waals surface area contributed by atoms with E-state index in [0.717, 1.165) is 11.1 Å². The van der Waals surface area contributed by atoms with Gasteiger partial charge in [-0.25, -0.2) is 0 Å². The van der Waals surface area contributed by atoms with Crippen LogP contribution >= 0.6 is 23.2 Å². The fraction of sp³-hybridized carbons (Fsp3) is 0.214. The molecule has 0 radical (unpaired) electrons. The summed E-state index contributed by atoms with van der Waals surface area (Å²) in [5, 5.41) is 1.10. The quantitative estimate of drug-likeness (QED) is 0.760. The van der Waals surface area contributed by atoms with Crippen molar-refractivity contribution in [1.82, 2.24) is 4.57 Å². The summed E-state index contributed by atoms with van der Waals surface area (Å²) in [4.78, 5) is 11.5. The number of hydrogen-bond donors (Lipinski definition) is 0. The molecule has 0 aliphatic heterocycles. The molecule has 0 saturated carbocycles. The van der Waals surface area contributed by atoms with Crippen LogP contribution in [0.25, 0.3) is 0 Å². The van der Waals surface area contributed by atoms with Crippen molar-refractivity contribution in [2.45, 2.75) is 19.9 Å². The van der Waals surface area contributed by atoms with Gasteiger partial charge in [-0.15, -0.1) is 0 Å². The van der Waals surface area contributed by atoms with E-state index < -0.39 is 0 Å². The Hall–Kier alpha value is -1.25. The molecule has 2 nitrogen and oxygen atoms in total. The van der Waals surface area contributed by atoms with E-state index in [4.69, 9.17) is 23.2 Å². The number of nitrogens with zero attached hydrogens (tertiary/aromatic N) is 1. The van der Waals surface area contributed by atoms with Gasteiger partial charge in [0.15, 0.2) is 5.78 Å². The summed E-state index contributed by atoms with van der Waals surface area (Å²) < 4.78 is 1.96. The van der Waals surface area contributed by atoms with Gasteiger partial charge < -0.3 is 4.57 Å². The average molecular weight is 282 g/mol. The van der Waals surface area contributed by atoms with Crippen molar-refractivity contribution in [2.24, 2.45) is 0 Å². The molecule has 0 unspecified atom stereocenters. The Kier molecular flexibility index (Phi) is 4.10. The van der Waals surface area contributed by atoms with Crippen molar-refractivity contribution in [3.63, 3.8) is 0 Å². The molecule has 0 saturated heterocycles. The van der Waals surface area contributed by atoms with Crippen molar-refractivity contribution >= 4 is 29.0 Å². The molecule has 2 aromatic rings. The molecular formula is C14H13Cl2NO. The van der Waals surface area contributed by atoms with Gasteiger partial charge >= 0.3 is 0 Å². The monoisotopic (exact) mass is 281 g/mol. The van der Waals surface area contributed by atoms with Crippen LogP contribution in [-0.2, 0) is 6.54 Å². The molecule has 0 amide bonds. The lowest BCUT2D eigenvalue weighted by molar-refractivity contribution is 0.0988. The molecule has 4 heteroatoms. The minimum atomic E-state index is 0.155. The number of halogens is 2. The first-order chi connectivity index (χ1) is 8.60. The number of ketones is 1. The number of carbonyl (C=O) groups is 1. The molecule has 0 fully saturated rings. The first-order valence-electron chi connectivity index (χ1n) is 5.73. The average Bonchev–Trinajstić information content (AvgIpc) is 2.81. The molecule has 1 heterocycles. The minimum Gasteiger partial charge on any atom is -0.349 e. The van der Waals surface area contributed by atoms with E-state index in [-0.39, 0.29) is 5.78 Å². The Balaban J connectivity index is 2.16. The number of benzene rings is 1. The van der Waals surface area contributed by atoms with Crippen LogP contribution in [0.3, 0.4) is 0 Å². The van der Waals surface area contributed by atoms with Crippen LogP contribution in [0.15, 0.2) is 36.7 Å². The summed E-state index contributed by atoms with van der Waals surface area (Å²) in [5.74, 6) is 0.155. The lowest BCUT2D eigenvalue weighted by Crippen LogP contribution is -1.98. The van der Waals surface area contributed by atoms with Crippen LogP contribution < -0.4 is 0 Å². The first kappa shape index (κ1) is 13.2. The summed E-state index contributed by atoms with van der Waals surface area (Å²) in [6.45, 7) is 2.53. The van der Waals surface area contributed by atoms with Gasteiger partial charge in [-0.2, -0.15) is 0 Å². The van der Waals surface area contributed by atoms with Gasteiger partial charge in [0.1, 0.15) is 0 Å². The minimum absolute atomic E-state index is 0.155. The van der Waals surface area contributed by atoms with E-state index in [0.29, 0.717) is 23.0 Å². The van der Waals surface area contributed by atoms with Crippen molar-refractivity contribution in [2.75, 3.05) is 0 Å². The molecule has 0 N–H and O–H groups in total. The zero-order chi connectivity index (χ0) is 13.1. The summed E-state index contributed by atoms with van der Waals surface area (Å²) in [5.41, 5.74) is 1.80. The van der Waals surface area contributed by atoms with Gasteiger partial charge in [-0.3, -0.25) is 4.79 Å². The van der Waals surface area contributed by atoms with E-state index in [2.05, 4.69) is 0 Å². The maximum Gasteiger partial charge on any atom is 0.164 e. The van der Waals surface area contributed by atoms with Crippen LogP contribution in [0.1, 0.15) is 29.3 Å². The number of rotatable bonds is 4. The van der Waals surface area contributed by atoms with Gasteiger partial charge in [0.25, 0.3) is 0 Å².